The van der Waals surface area contributed by atoms with E-state index in [0.717, 1.165) is 42.8 Å². The molecule has 0 amide bonds. The van der Waals surface area contributed by atoms with Gasteiger partial charge in [-0.3, -0.25) is 9.59 Å². The lowest BCUT2D eigenvalue weighted by Gasteiger charge is -2.25. The molecular formula is C26H18O2S2. The molecule has 2 aliphatic rings. The van der Waals surface area contributed by atoms with Crippen LogP contribution in [-0.4, -0.2) is 17.3 Å². The Morgan fingerprint density at radius 1 is 0.767 bits per heavy atom. The van der Waals surface area contributed by atoms with E-state index >= 15 is 0 Å². The molecule has 2 heterocycles. The van der Waals surface area contributed by atoms with Crippen molar-refractivity contribution in [1.82, 2.24) is 0 Å². The van der Waals surface area contributed by atoms with Crippen molar-refractivity contribution in [3.63, 3.8) is 0 Å². The van der Waals surface area contributed by atoms with Crippen molar-refractivity contribution in [1.29, 1.82) is 0 Å². The Bertz CT molecular complexity index is 1370. The lowest BCUT2D eigenvalue weighted by atomic mass is 9.96. The molecule has 2 nitrogen and oxygen atoms in total. The Morgan fingerprint density at radius 2 is 1.63 bits per heavy atom. The second kappa shape index (κ2) is 7.00. The van der Waals surface area contributed by atoms with Gasteiger partial charge >= 0.3 is 0 Å². The minimum absolute atomic E-state index is 0.102. The maximum atomic E-state index is 13.0. The molecule has 146 valence electrons. The summed E-state index contributed by atoms with van der Waals surface area (Å²) in [4.78, 5) is 27.4. The van der Waals surface area contributed by atoms with Gasteiger partial charge in [0, 0.05) is 44.8 Å². The minimum atomic E-state index is 0.102. The highest BCUT2D eigenvalue weighted by Gasteiger charge is 2.28. The van der Waals surface area contributed by atoms with Crippen molar-refractivity contribution in [2.24, 2.45) is 0 Å². The van der Waals surface area contributed by atoms with Crippen LogP contribution in [0.4, 0.5) is 0 Å². The second-order valence-corrected chi connectivity index (χ2v) is 10.2. The summed E-state index contributed by atoms with van der Waals surface area (Å²) >= 11 is 3.56. The van der Waals surface area contributed by atoms with E-state index in [1.54, 1.807) is 23.5 Å². The molecule has 0 aliphatic carbocycles. The van der Waals surface area contributed by atoms with E-state index in [4.69, 9.17) is 0 Å². The number of carbonyl (C=O) groups is 2. The highest BCUT2D eigenvalue weighted by Crippen LogP contribution is 2.48. The van der Waals surface area contributed by atoms with Crippen molar-refractivity contribution >= 4 is 56.6 Å². The summed E-state index contributed by atoms with van der Waals surface area (Å²) in [6, 6.07) is 22.9. The molecule has 1 unspecified atom stereocenters. The predicted octanol–water partition coefficient (Wildman–Crippen LogP) is 7.09. The lowest BCUT2D eigenvalue weighted by Crippen LogP contribution is -2.12. The highest BCUT2D eigenvalue weighted by molar-refractivity contribution is 8.00. The smallest absolute Gasteiger partial charge is 0.165 e. The first kappa shape index (κ1) is 18.2. The number of hydrogen-bond donors (Lipinski definition) is 0. The first-order valence-corrected chi connectivity index (χ1v) is 12.0. The first-order chi connectivity index (χ1) is 14.7. The second-order valence-electron chi connectivity index (χ2n) is 7.87. The van der Waals surface area contributed by atoms with Crippen LogP contribution in [0.25, 0.3) is 21.5 Å². The van der Waals surface area contributed by atoms with E-state index < -0.39 is 0 Å². The third-order valence-electron chi connectivity index (χ3n) is 6.03. The summed E-state index contributed by atoms with van der Waals surface area (Å²) in [7, 11) is 0. The fraction of sp³-hybridized carbons (Fsp3) is 0.154. The van der Waals surface area contributed by atoms with Crippen molar-refractivity contribution in [2.45, 2.75) is 27.9 Å². The van der Waals surface area contributed by atoms with Gasteiger partial charge in [-0.15, -0.1) is 23.5 Å². The zero-order valence-electron chi connectivity index (χ0n) is 16.2. The van der Waals surface area contributed by atoms with Crippen LogP contribution in [0.3, 0.4) is 0 Å². The molecule has 0 radical (unpaired) electrons. The predicted molar refractivity (Wildman–Crippen MR) is 125 cm³/mol. The number of hydrogen-bond acceptors (Lipinski definition) is 4. The van der Waals surface area contributed by atoms with Crippen LogP contribution in [-0.2, 0) is 0 Å². The molecule has 4 aromatic rings. The molecule has 0 saturated heterocycles. The van der Waals surface area contributed by atoms with Crippen LogP contribution < -0.4 is 0 Å². The summed E-state index contributed by atoms with van der Waals surface area (Å²) < 4.78 is 0. The fourth-order valence-corrected chi connectivity index (χ4v) is 6.93. The van der Waals surface area contributed by atoms with Crippen molar-refractivity contribution in [3.8, 4) is 0 Å². The van der Waals surface area contributed by atoms with E-state index in [1.807, 2.05) is 30.3 Å². The van der Waals surface area contributed by atoms with Crippen LogP contribution in [0.1, 0.15) is 44.4 Å². The number of rotatable bonds is 1. The zero-order valence-corrected chi connectivity index (χ0v) is 17.8. The Morgan fingerprint density at radius 3 is 2.57 bits per heavy atom. The number of carbonyl (C=O) groups excluding carboxylic acids is 2. The average Bonchev–Trinajstić information content (AvgIpc) is 2.77. The number of benzene rings is 4. The largest absolute Gasteiger partial charge is 0.294 e. The molecule has 1 atom stereocenters. The SMILES string of the molecule is O=C1CCSc2cc3cc(C4CC(=O)c5ccc6ccccc6c5S4)ccc3cc21. The van der Waals surface area contributed by atoms with E-state index in [2.05, 4.69) is 36.4 Å². The fourth-order valence-electron chi connectivity index (χ4n) is 4.46. The monoisotopic (exact) mass is 426 g/mol. The maximum Gasteiger partial charge on any atom is 0.165 e. The molecular weight excluding hydrogens is 408 g/mol. The molecule has 6 rings (SSSR count). The van der Waals surface area contributed by atoms with Crippen LogP contribution >= 0.6 is 23.5 Å². The summed E-state index contributed by atoms with van der Waals surface area (Å²) in [5.74, 6) is 1.31. The van der Waals surface area contributed by atoms with E-state index in [9.17, 15) is 9.59 Å². The molecule has 30 heavy (non-hydrogen) atoms. The van der Waals surface area contributed by atoms with Gasteiger partial charge in [-0.25, -0.2) is 0 Å². The summed E-state index contributed by atoms with van der Waals surface area (Å²) in [6.45, 7) is 0. The zero-order chi connectivity index (χ0) is 20.2. The van der Waals surface area contributed by atoms with E-state index in [-0.39, 0.29) is 16.8 Å². The number of thioether (sulfide) groups is 2. The molecule has 4 heteroatoms. The van der Waals surface area contributed by atoms with Crippen LogP contribution in [0, 0.1) is 0 Å². The molecule has 0 aromatic heterocycles. The average molecular weight is 427 g/mol. The third kappa shape index (κ3) is 2.90. The van der Waals surface area contributed by atoms with Gasteiger partial charge in [-0.2, -0.15) is 0 Å². The van der Waals surface area contributed by atoms with E-state index in [0.29, 0.717) is 12.8 Å². The van der Waals surface area contributed by atoms with E-state index in [1.165, 1.54) is 10.9 Å². The van der Waals surface area contributed by atoms with Gasteiger partial charge in [0.05, 0.1) is 0 Å². The van der Waals surface area contributed by atoms with Crippen molar-refractivity contribution < 1.29 is 9.59 Å². The summed E-state index contributed by atoms with van der Waals surface area (Å²) in [5, 5.41) is 4.66. The van der Waals surface area contributed by atoms with Gasteiger partial charge < -0.3 is 0 Å². The number of fused-ring (bicyclic) bond motifs is 5. The first-order valence-electron chi connectivity index (χ1n) is 10.1. The van der Waals surface area contributed by atoms with Gasteiger partial charge in [0.2, 0.25) is 0 Å². The molecule has 2 aliphatic heterocycles. The highest BCUT2D eigenvalue weighted by atomic mass is 32.2. The Balaban J connectivity index is 1.44. The minimum Gasteiger partial charge on any atom is -0.294 e. The standard InChI is InChI=1S/C26H18O2S2/c27-22-9-10-29-25-13-18-11-17(6-5-16(18)12-21(22)25)24-14-23(28)20-8-7-15-3-1-2-4-19(15)26(20)30-24/h1-8,11-13,24H,9-10,14H2. The molecule has 0 bridgehead atoms. The molecule has 0 N–H and O–H groups in total. The maximum absolute atomic E-state index is 13.0. The van der Waals surface area contributed by atoms with Crippen LogP contribution in [0.15, 0.2) is 76.5 Å². The Hall–Kier alpha value is -2.56. The molecule has 0 saturated carbocycles. The summed E-state index contributed by atoms with van der Waals surface area (Å²) in [6.07, 6.45) is 1.13. The van der Waals surface area contributed by atoms with Crippen LogP contribution in [0.2, 0.25) is 0 Å². The Labute approximate surface area is 183 Å². The van der Waals surface area contributed by atoms with Crippen molar-refractivity contribution in [3.05, 3.63) is 83.4 Å². The third-order valence-corrected chi connectivity index (χ3v) is 8.49. The molecule has 0 spiro atoms. The summed E-state index contributed by atoms with van der Waals surface area (Å²) in [5.41, 5.74) is 2.88. The normalized spacial score (nSPS) is 18.5. The molecule has 0 fully saturated rings. The van der Waals surface area contributed by atoms with Crippen LogP contribution in [0.5, 0.6) is 0 Å². The molecule has 4 aromatic carbocycles. The number of ketones is 2. The topological polar surface area (TPSA) is 34.1 Å². The lowest BCUT2D eigenvalue weighted by molar-refractivity contribution is 0.0972. The number of Topliss-reactive ketones (excluding diaryl/α,β-unsaturated/α-hetero) is 2. The van der Waals surface area contributed by atoms with Gasteiger partial charge in [-0.1, -0.05) is 42.5 Å². The Kier molecular flexibility index (Phi) is 4.25. The van der Waals surface area contributed by atoms with Gasteiger partial charge in [0.1, 0.15) is 0 Å². The van der Waals surface area contributed by atoms with Gasteiger partial charge in [0.25, 0.3) is 0 Å². The van der Waals surface area contributed by atoms with Gasteiger partial charge in [-0.05, 0) is 51.4 Å². The van der Waals surface area contributed by atoms with Crippen molar-refractivity contribution in [2.75, 3.05) is 5.75 Å². The quantitative estimate of drug-likeness (QED) is 0.325. The van der Waals surface area contributed by atoms with Gasteiger partial charge in [0.15, 0.2) is 11.6 Å².